The van der Waals surface area contributed by atoms with Crippen LogP contribution in [0.25, 0.3) is 0 Å². The summed E-state index contributed by atoms with van der Waals surface area (Å²) in [6.45, 7) is 5.13. The van der Waals surface area contributed by atoms with E-state index in [4.69, 9.17) is 5.11 Å². The molecule has 0 spiro atoms. The monoisotopic (exact) mass is 214 g/mol. The van der Waals surface area contributed by atoms with Crippen LogP contribution < -0.4 is 0 Å². The molecule has 2 atom stereocenters. The SMILES string of the molecule is C=CC(=O)CCCC(O)CCCC(C)O. The van der Waals surface area contributed by atoms with Crippen LogP contribution in [0.2, 0.25) is 0 Å². The van der Waals surface area contributed by atoms with Crippen molar-refractivity contribution in [3.8, 4) is 0 Å². The van der Waals surface area contributed by atoms with E-state index in [9.17, 15) is 9.90 Å². The number of hydrogen-bond acceptors (Lipinski definition) is 3. The first-order valence-corrected chi connectivity index (χ1v) is 5.57. The van der Waals surface area contributed by atoms with Gasteiger partial charge in [-0.3, -0.25) is 4.79 Å². The first-order valence-electron chi connectivity index (χ1n) is 5.57. The van der Waals surface area contributed by atoms with Crippen molar-refractivity contribution in [3.05, 3.63) is 12.7 Å². The van der Waals surface area contributed by atoms with E-state index in [1.165, 1.54) is 6.08 Å². The fraction of sp³-hybridized carbons (Fsp3) is 0.750. The first-order chi connectivity index (χ1) is 7.06. The van der Waals surface area contributed by atoms with Crippen LogP contribution in [-0.4, -0.2) is 28.2 Å². The van der Waals surface area contributed by atoms with Gasteiger partial charge in [0, 0.05) is 6.42 Å². The average molecular weight is 214 g/mol. The molecule has 0 saturated heterocycles. The van der Waals surface area contributed by atoms with Crippen LogP contribution in [0.3, 0.4) is 0 Å². The van der Waals surface area contributed by atoms with E-state index < -0.39 is 0 Å². The van der Waals surface area contributed by atoms with Crippen LogP contribution in [0, 0.1) is 0 Å². The third kappa shape index (κ3) is 9.63. The lowest BCUT2D eigenvalue weighted by Gasteiger charge is -2.10. The molecule has 0 bridgehead atoms. The third-order valence-electron chi connectivity index (χ3n) is 2.35. The minimum atomic E-state index is -0.346. The lowest BCUT2D eigenvalue weighted by molar-refractivity contribution is -0.114. The van der Waals surface area contributed by atoms with E-state index in [1.807, 2.05) is 0 Å². The predicted molar refractivity (Wildman–Crippen MR) is 60.6 cm³/mol. The molecular weight excluding hydrogens is 192 g/mol. The van der Waals surface area contributed by atoms with Crippen LogP contribution in [-0.2, 0) is 4.79 Å². The number of carbonyl (C=O) groups excluding carboxylic acids is 1. The zero-order chi connectivity index (χ0) is 11.7. The second-order valence-corrected chi connectivity index (χ2v) is 4.00. The largest absolute Gasteiger partial charge is 0.393 e. The molecule has 3 heteroatoms. The van der Waals surface area contributed by atoms with Crippen LogP contribution in [0.15, 0.2) is 12.7 Å². The molecule has 0 aliphatic carbocycles. The highest BCUT2D eigenvalue weighted by Gasteiger charge is 2.06. The van der Waals surface area contributed by atoms with Gasteiger partial charge < -0.3 is 10.2 Å². The van der Waals surface area contributed by atoms with Gasteiger partial charge in [-0.15, -0.1) is 0 Å². The van der Waals surface area contributed by atoms with Gasteiger partial charge in [0.1, 0.15) is 0 Å². The molecule has 0 aliphatic rings. The van der Waals surface area contributed by atoms with E-state index in [0.717, 1.165) is 12.8 Å². The molecule has 0 amide bonds. The van der Waals surface area contributed by atoms with Crippen molar-refractivity contribution >= 4 is 5.78 Å². The van der Waals surface area contributed by atoms with Gasteiger partial charge in [-0.25, -0.2) is 0 Å². The molecule has 0 rings (SSSR count). The van der Waals surface area contributed by atoms with Crippen molar-refractivity contribution < 1.29 is 15.0 Å². The van der Waals surface area contributed by atoms with Gasteiger partial charge in [-0.1, -0.05) is 6.58 Å². The number of carbonyl (C=O) groups is 1. The maximum Gasteiger partial charge on any atom is 0.155 e. The summed E-state index contributed by atoms with van der Waals surface area (Å²) in [6, 6.07) is 0. The number of hydrogen-bond donors (Lipinski definition) is 2. The van der Waals surface area contributed by atoms with E-state index in [0.29, 0.717) is 25.7 Å². The van der Waals surface area contributed by atoms with Crippen LogP contribution in [0.4, 0.5) is 0 Å². The first kappa shape index (κ1) is 14.3. The van der Waals surface area contributed by atoms with Gasteiger partial charge in [0.2, 0.25) is 0 Å². The summed E-state index contributed by atoms with van der Waals surface area (Å²) in [5, 5.41) is 18.5. The normalized spacial score (nSPS) is 14.6. The molecule has 15 heavy (non-hydrogen) atoms. The molecule has 0 heterocycles. The zero-order valence-corrected chi connectivity index (χ0v) is 9.48. The zero-order valence-electron chi connectivity index (χ0n) is 9.48. The Morgan fingerprint density at radius 2 is 1.87 bits per heavy atom. The van der Waals surface area contributed by atoms with Crippen molar-refractivity contribution in [1.29, 1.82) is 0 Å². The summed E-state index contributed by atoms with van der Waals surface area (Å²) in [5.41, 5.74) is 0. The van der Waals surface area contributed by atoms with Crippen molar-refractivity contribution in [1.82, 2.24) is 0 Å². The average Bonchev–Trinajstić information content (AvgIpc) is 2.17. The molecule has 0 aromatic rings. The highest BCUT2D eigenvalue weighted by Crippen LogP contribution is 2.10. The lowest BCUT2D eigenvalue weighted by atomic mass is 10.0. The number of aliphatic hydroxyl groups excluding tert-OH is 2. The van der Waals surface area contributed by atoms with E-state index >= 15 is 0 Å². The minimum absolute atomic E-state index is 0.0335. The predicted octanol–water partition coefficient (Wildman–Crippen LogP) is 1.82. The number of ketones is 1. The Hall–Kier alpha value is -0.670. The quantitative estimate of drug-likeness (QED) is 0.576. The Morgan fingerprint density at radius 3 is 2.40 bits per heavy atom. The van der Waals surface area contributed by atoms with Gasteiger partial charge in [0.05, 0.1) is 12.2 Å². The molecule has 0 radical (unpaired) electrons. The third-order valence-corrected chi connectivity index (χ3v) is 2.35. The number of aliphatic hydroxyl groups is 2. The summed E-state index contributed by atoms with van der Waals surface area (Å²) < 4.78 is 0. The molecular formula is C12H22O3. The van der Waals surface area contributed by atoms with Crippen molar-refractivity contribution in [2.45, 2.75) is 57.7 Å². The van der Waals surface area contributed by atoms with Gasteiger partial charge >= 0.3 is 0 Å². The molecule has 88 valence electrons. The van der Waals surface area contributed by atoms with Crippen LogP contribution in [0.5, 0.6) is 0 Å². The van der Waals surface area contributed by atoms with Gasteiger partial charge in [0.25, 0.3) is 0 Å². The minimum Gasteiger partial charge on any atom is -0.393 e. The van der Waals surface area contributed by atoms with Crippen molar-refractivity contribution in [2.75, 3.05) is 0 Å². The summed E-state index contributed by atoms with van der Waals surface area (Å²) in [7, 11) is 0. The standard InChI is InChI=1S/C12H22O3/c1-3-11(14)7-5-9-12(15)8-4-6-10(2)13/h3,10,12-13,15H,1,4-9H2,2H3. The highest BCUT2D eigenvalue weighted by atomic mass is 16.3. The van der Waals surface area contributed by atoms with Gasteiger partial charge in [-0.05, 0) is 45.1 Å². The maximum atomic E-state index is 10.9. The Kier molecular flexibility index (Phi) is 8.24. The molecule has 0 aromatic carbocycles. The Morgan fingerprint density at radius 1 is 1.27 bits per heavy atom. The highest BCUT2D eigenvalue weighted by molar-refractivity contribution is 5.88. The lowest BCUT2D eigenvalue weighted by Crippen LogP contribution is -2.09. The van der Waals surface area contributed by atoms with E-state index in [-0.39, 0.29) is 18.0 Å². The number of allylic oxidation sites excluding steroid dienone is 1. The molecule has 2 N–H and O–H groups in total. The van der Waals surface area contributed by atoms with E-state index in [1.54, 1.807) is 6.92 Å². The van der Waals surface area contributed by atoms with Crippen molar-refractivity contribution in [3.63, 3.8) is 0 Å². The molecule has 0 aliphatic heterocycles. The fourth-order valence-corrected chi connectivity index (χ4v) is 1.41. The topological polar surface area (TPSA) is 57.5 Å². The Labute approximate surface area is 91.8 Å². The molecule has 0 aromatic heterocycles. The second-order valence-electron chi connectivity index (χ2n) is 4.00. The number of rotatable bonds is 9. The van der Waals surface area contributed by atoms with Crippen LogP contribution >= 0.6 is 0 Å². The van der Waals surface area contributed by atoms with Gasteiger partial charge in [0.15, 0.2) is 5.78 Å². The van der Waals surface area contributed by atoms with Crippen molar-refractivity contribution in [2.24, 2.45) is 0 Å². The Balaban J connectivity index is 3.36. The second kappa shape index (κ2) is 8.62. The summed E-state index contributed by atoms with van der Waals surface area (Å²) >= 11 is 0. The Bertz CT molecular complexity index is 187. The fourth-order valence-electron chi connectivity index (χ4n) is 1.41. The molecule has 3 nitrogen and oxygen atoms in total. The van der Waals surface area contributed by atoms with E-state index in [2.05, 4.69) is 6.58 Å². The molecule has 2 unspecified atom stereocenters. The maximum absolute atomic E-state index is 10.9. The smallest absolute Gasteiger partial charge is 0.155 e. The summed E-state index contributed by atoms with van der Waals surface area (Å²) in [4.78, 5) is 10.9. The molecule has 0 fully saturated rings. The molecule has 0 saturated carbocycles. The summed E-state index contributed by atoms with van der Waals surface area (Å²) in [5.74, 6) is 0.0335. The summed E-state index contributed by atoms with van der Waals surface area (Å²) in [6.07, 6.45) is 4.77. The van der Waals surface area contributed by atoms with Crippen LogP contribution in [0.1, 0.15) is 45.4 Å². The van der Waals surface area contributed by atoms with Gasteiger partial charge in [-0.2, -0.15) is 0 Å².